The summed E-state index contributed by atoms with van der Waals surface area (Å²) in [5, 5.41) is 3.37. The smallest absolute Gasteiger partial charge is 0.254 e. The molecule has 110 valence electrons. The van der Waals surface area contributed by atoms with E-state index in [1.807, 2.05) is 17.0 Å². The van der Waals surface area contributed by atoms with Gasteiger partial charge in [-0.15, -0.1) is 0 Å². The fourth-order valence-corrected chi connectivity index (χ4v) is 2.76. The number of carbonyl (C=O) groups excluding carboxylic acids is 1. The minimum Gasteiger partial charge on any atom is -0.339 e. The van der Waals surface area contributed by atoms with E-state index in [-0.39, 0.29) is 5.91 Å². The van der Waals surface area contributed by atoms with E-state index in [9.17, 15) is 4.79 Å². The molecule has 1 N–H and O–H groups in total. The average molecular weight is 274 g/mol. The number of rotatable bonds is 5. The minimum atomic E-state index is 0.201. The van der Waals surface area contributed by atoms with Crippen molar-refractivity contribution in [1.29, 1.82) is 0 Å². The lowest BCUT2D eigenvalue weighted by Gasteiger charge is -2.27. The van der Waals surface area contributed by atoms with Gasteiger partial charge in [0.1, 0.15) is 0 Å². The van der Waals surface area contributed by atoms with Gasteiger partial charge in [0.25, 0.3) is 5.91 Å². The molecule has 1 atom stereocenters. The lowest BCUT2D eigenvalue weighted by Crippen LogP contribution is -2.36. The van der Waals surface area contributed by atoms with E-state index in [2.05, 4.69) is 32.2 Å². The van der Waals surface area contributed by atoms with Crippen LogP contribution in [0.1, 0.15) is 48.7 Å². The second-order valence-corrected chi connectivity index (χ2v) is 5.73. The standard InChI is InChI=1S/C17H26N2O/c1-4-13(3)12-19(5-2)17(20)16-8-6-7-14-11-18-10-9-15(14)16/h6-8,13,18H,4-5,9-12H2,1-3H3. The predicted octanol–water partition coefficient (Wildman–Crippen LogP) is 2.84. The molecule has 0 radical (unpaired) electrons. The van der Waals surface area contributed by atoms with Crippen molar-refractivity contribution in [3.63, 3.8) is 0 Å². The van der Waals surface area contributed by atoms with Crippen LogP contribution in [0.15, 0.2) is 18.2 Å². The summed E-state index contributed by atoms with van der Waals surface area (Å²) < 4.78 is 0. The number of amides is 1. The summed E-state index contributed by atoms with van der Waals surface area (Å²) in [4.78, 5) is 14.8. The molecule has 1 aliphatic heterocycles. The first kappa shape index (κ1) is 15.0. The molecular weight excluding hydrogens is 248 g/mol. The molecular formula is C17H26N2O. The summed E-state index contributed by atoms with van der Waals surface area (Å²) in [7, 11) is 0. The van der Waals surface area contributed by atoms with Gasteiger partial charge in [0.05, 0.1) is 0 Å². The Morgan fingerprint density at radius 1 is 1.40 bits per heavy atom. The van der Waals surface area contributed by atoms with Gasteiger partial charge < -0.3 is 10.2 Å². The third-order valence-electron chi connectivity index (χ3n) is 4.27. The highest BCUT2D eigenvalue weighted by Crippen LogP contribution is 2.21. The molecule has 0 spiro atoms. The highest BCUT2D eigenvalue weighted by atomic mass is 16.2. The summed E-state index contributed by atoms with van der Waals surface area (Å²) in [6, 6.07) is 6.13. The number of hydrogen-bond acceptors (Lipinski definition) is 2. The lowest BCUT2D eigenvalue weighted by atomic mass is 9.94. The van der Waals surface area contributed by atoms with Crippen LogP contribution in [0.2, 0.25) is 0 Å². The number of nitrogens with one attached hydrogen (secondary N) is 1. The maximum atomic E-state index is 12.8. The quantitative estimate of drug-likeness (QED) is 0.895. The molecule has 3 heteroatoms. The van der Waals surface area contributed by atoms with Crippen LogP contribution in [0.5, 0.6) is 0 Å². The Morgan fingerprint density at radius 2 is 2.20 bits per heavy atom. The van der Waals surface area contributed by atoms with Gasteiger partial charge in [-0.05, 0) is 43.0 Å². The third-order valence-corrected chi connectivity index (χ3v) is 4.27. The summed E-state index contributed by atoms with van der Waals surface area (Å²) >= 11 is 0. The molecule has 0 aliphatic carbocycles. The molecule has 0 aromatic heterocycles. The molecule has 0 bridgehead atoms. The second-order valence-electron chi connectivity index (χ2n) is 5.73. The van der Waals surface area contributed by atoms with E-state index >= 15 is 0 Å². The molecule has 0 fully saturated rings. The van der Waals surface area contributed by atoms with Crippen LogP contribution < -0.4 is 5.32 Å². The topological polar surface area (TPSA) is 32.3 Å². The van der Waals surface area contributed by atoms with Crippen LogP contribution in [-0.2, 0) is 13.0 Å². The van der Waals surface area contributed by atoms with Crippen molar-refractivity contribution in [3.8, 4) is 0 Å². The molecule has 1 aromatic carbocycles. The summed E-state index contributed by atoms with van der Waals surface area (Å²) in [5.74, 6) is 0.756. The highest BCUT2D eigenvalue weighted by molar-refractivity contribution is 5.96. The monoisotopic (exact) mass is 274 g/mol. The van der Waals surface area contributed by atoms with E-state index in [4.69, 9.17) is 0 Å². The van der Waals surface area contributed by atoms with Crippen LogP contribution in [0.25, 0.3) is 0 Å². The molecule has 0 saturated carbocycles. The summed E-state index contributed by atoms with van der Waals surface area (Å²) in [5.41, 5.74) is 3.44. The molecule has 1 heterocycles. The maximum absolute atomic E-state index is 12.8. The zero-order valence-corrected chi connectivity index (χ0v) is 12.9. The molecule has 1 unspecified atom stereocenters. The Hall–Kier alpha value is -1.35. The second kappa shape index (κ2) is 6.89. The molecule has 1 aliphatic rings. The van der Waals surface area contributed by atoms with Gasteiger partial charge in [0, 0.05) is 25.2 Å². The molecule has 2 rings (SSSR count). The number of benzene rings is 1. The van der Waals surface area contributed by atoms with Gasteiger partial charge in [0.15, 0.2) is 0 Å². The zero-order chi connectivity index (χ0) is 14.5. The average Bonchev–Trinajstić information content (AvgIpc) is 2.51. The first-order valence-corrected chi connectivity index (χ1v) is 7.78. The van der Waals surface area contributed by atoms with Gasteiger partial charge in [-0.2, -0.15) is 0 Å². The van der Waals surface area contributed by atoms with Gasteiger partial charge in [0.2, 0.25) is 0 Å². The van der Waals surface area contributed by atoms with Crippen LogP contribution in [0.4, 0.5) is 0 Å². The SMILES string of the molecule is CCC(C)CN(CC)C(=O)c1cccc2c1CCNC2. The summed E-state index contributed by atoms with van der Waals surface area (Å²) in [6.07, 6.45) is 2.07. The first-order valence-electron chi connectivity index (χ1n) is 7.78. The molecule has 0 saturated heterocycles. The third kappa shape index (κ3) is 3.21. The first-order chi connectivity index (χ1) is 9.67. The zero-order valence-electron chi connectivity index (χ0n) is 12.9. The van der Waals surface area contributed by atoms with Gasteiger partial charge in [-0.25, -0.2) is 0 Å². The Labute approximate surface area is 122 Å². The van der Waals surface area contributed by atoms with Crippen molar-refractivity contribution >= 4 is 5.91 Å². The Morgan fingerprint density at radius 3 is 2.90 bits per heavy atom. The minimum absolute atomic E-state index is 0.201. The van der Waals surface area contributed by atoms with Crippen LogP contribution in [0, 0.1) is 5.92 Å². The Balaban J connectivity index is 2.23. The Kier molecular flexibility index (Phi) is 5.18. The number of carbonyl (C=O) groups is 1. The molecule has 3 nitrogen and oxygen atoms in total. The Bertz CT molecular complexity index is 470. The van der Waals surface area contributed by atoms with Crippen molar-refractivity contribution < 1.29 is 4.79 Å². The lowest BCUT2D eigenvalue weighted by molar-refractivity contribution is 0.0739. The molecule has 20 heavy (non-hydrogen) atoms. The van der Waals surface area contributed by atoms with E-state index in [0.29, 0.717) is 5.92 Å². The number of nitrogens with zero attached hydrogens (tertiary/aromatic N) is 1. The predicted molar refractivity (Wildman–Crippen MR) is 82.9 cm³/mol. The molecule has 1 amide bonds. The van der Waals surface area contributed by atoms with Crippen LogP contribution in [-0.4, -0.2) is 30.4 Å². The van der Waals surface area contributed by atoms with E-state index < -0.39 is 0 Å². The van der Waals surface area contributed by atoms with E-state index in [1.165, 1.54) is 11.1 Å². The van der Waals surface area contributed by atoms with Crippen molar-refractivity contribution in [1.82, 2.24) is 10.2 Å². The fourth-order valence-electron chi connectivity index (χ4n) is 2.76. The van der Waals surface area contributed by atoms with Crippen molar-refractivity contribution in [2.45, 2.75) is 40.2 Å². The van der Waals surface area contributed by atoms with Crippen LogP contribution >= 0.6 is 0 Å². The summed E-state index contributed by atoms with van der Waals surface area (Å²) in [6.45, 7) is 9.94. The van der Waals surface area contributed by atoms with Crippen molar-refractivity contribution in [3.05, 3.63) is 34.9 Å². The largest absolute Gasteiger partial charge is 0.339 e. The van der Waals surface area contributed by atoms with Gasteiger partial charge >= 0.3 is 0 Å². The number of hydrogen-bond donors (Lipinski definition) is 1. The van der Waals surface area contributed by atoms with Gasteiger partial charge in [-0.1, -0.05) is 32.4 Å². The van der Waals surface area contributed by atoms with E-state index in [0.717, 1.165) is 44.6 Å². The number of fused-ring (bicyclic) bond motifs is 1. The normalized spacial score (nSPS) is 15.6. The van der Waals surface area contributed by atoms with Gasteiger partial charge in [-0.3, -0.25) is 4.79 Å². The highest BCUT2D eigenvalue weighted by Gasteiger charge is 2.21. The van der Waals surface area contributed by atoms with E-state index in [1.54, 1.807) is 0 Å². The maximum Gasteiger partial charge on any atom is 0.254 e. The molecule has 1 aromatic rings. The fraction of sp³-hybridized carbons (Fsp3) is 0.588. The van der Waals surface area contributed by atoms with Crippen molar-refractivity contribution in [2.75, 3.05) is 19.6 Å². The van der Waals surface area contributed by atoms with Crippen LogP contribution in [0.3, 0.4) is 0 Å². The van der Waals surface area contributed by atoms with Crippen molar-refractivity contribution in [2.24, 2.45) is 5.92 Å².